The second-order valence-corrected chi connectivity index (χ2v) is 8.38. The van der Waals surface area contributed by atoms with E-state index in [1.54, 1.807) is 14.2 Å². The molecule has 0 spiro atoms. The highest BCUT2D eigenvalue weighted by molar-refractivity contribution is 7.80. The summed E-state index contributed by atoms with van der Waals surface area (Å²) in [6.45, 7) is 6.33. The van der Waals surface area contributed by atoms with Crippen LogP contribution in [0.15, 0.2) is 29.5 Å². The minimum absolute atomic E-state index is 0.0595. The first-order chi connectivity index (χ1) is 13.8. The second kappa shape index (κ2) is 9.03. The molecule has 1 heterocycles. The van der Waals surface area contributed by atoms with E-state index in [9.17, 15) is 4.79 Å². The minimum Gasteiger partial charge on any atom is -0.497 e. The molecule has 0 aromatic heterocycles. The van der Waals surface area contributed by atoms with Gasteiger partial charge in [-0.1, -0.05) is 13.8 Å². The number of esters is 1. The smallest absolute Gasteiger partial charge is 0.338 e. The van der Waals surface area contributed by atoms with Crippen LogP contribution in [-0.2, 0) is 9.53 Å². The van der Waals surface area contributed by atoms with Crippen molar-refractivity contribution in [2.24, 2.45) is 11.8 Å². The topological polar surface area (TPSA) is 68.8 Å². The lowest BCUT2D eigenvalue weighted by Gasteiger charge is -2.34. The quantitative estimate of drug-likeness (QED) is 0.556. The SMILES string of the molecule is COc1ccc(OC)c([C@@H]2NC(=S)NC(C)=C2C(=O)O[C@H]2CC[C@@H](C)[C@@H](C)C2)c1. The summed E-state index contributed by atoms with van der Waals surface area (Å²) in [5.74, 6) is 2.20. The standard InChI is InChI=1S/C22H30N2O4S/c1-12-6-7-16(10-13(12)2)28-21(25)19-14(3)23-22(29)24-20(19)17-11-15(26-4)8-9-18(17)27-5/h8-9,11-13,16,20H,6-7,10H2,1-5H3,(H2,23,24,29)/t12-,13+,16+,20+/m1/s1. The van der Waals surface area contributed by atoms with Crippen LogP contribution in [0.1, 0.15) is 51.6 Å². The summed E-state index contributed by atoms with van der Waals surface area (Å²) >= 11 is 5.35. The predicted octanol–water partition coefficient (Wildman–Crippen LogP) is 3.86. The lowest BCUT2D eigenvalue weighted by atomic mass is 9.80. The monoisotopic (exact) mass is 418 g/mol. The summed E-state index contributed by atoms with van der Waals surface area (Å²) in [7, 11) is 3.21. The normalized spacial score (nSPS) is 27.0. The van der Waals surface area contributed by atoms with E-state index in [1.807, 2.05) is 25.1 Å². The largest absolute Gasteiger partial charge is 0.497 e. The molecular weight excluding hydrogens is 388 g/mol. The molecule has 4 atom stereocenters. The molecule has 1 aromatic rings. The van der Waals surface area contributed by atoms with E-state index in [2.05, 4.69) is 24.5 Å². The van der Waals surface area contributed by atoms with Gasteiger partial charge in [-0.2, -0.15) is 0 Å². The first-order valence-corrected chi connectivity index (χ1v) is 10.5. The molecule has 1 fully saturated rings. The number of thiocarbonyl (C=S) groups is 1. The number of rotatable bonds is 5. The van der Waals surface area contributed by atoms with Crippen LogP contribution in [0.4, 0.5) is 0 Å². The van der Waals surface area contributed by atoms with Crippen molar-refractivity contribution in [1.29, 1.82) is 0 Å². The van der Waals surface area contributed by atoms with E-state index in [0.717, 1.165) is 24.8 Å². The van der Waals surface area contributed by atoms with Crippen molar-refractivity contribution in [3.05, 3.63) is 35.0 Å². The number of methoxy groups -OCH3 is 2. The Morgan fingerprint density at radius 3 is 2.55 bits per heavy atom. The zero-order valence-electron chi connectivity index (χ0n) is 17.7. The Morgan fingerprint density at radius 2 is 1.90 bits per heavy atom. The predicted molar refractivity (Wildman–Crippen MR) is 116 cm³/mol. The Kier molecular flexibility index (Phi) is 6.67. The average molecular weight is 419 g/mol. The zero-order chi connectivity index (χ0) is 21.1. The van der Waals surface area contributed by atoms with E-state index >= 15 is 0 Å². The fraction of sp³-hybridized carbons (Fsp3) is 0.545. The first-order valence-electron chi connectivity index (χ1n) is 10.0. The summed E-state index contributed by atoms with van der Waals surface area (Å²) < 4.78 is 16.9. The molecule has 0 unspecified atom stereocenters. The van der Waals surface area contributed by atoms with Gasteiger partial charge >= 0.3 is 5.97 Å². The van der Waals surface area contributed by atoms with Crippen LogP contribution >= 0.6 is 12.2 Å². The molecule has 1 aliphatic carbocycles. The van der Waals surface area contributed by atoms with Gasteiger partial charge in [-0.3, -0.25) is 0 Å². The lowest BCUT2D eigenvalue weighted by Crippen LogP contribution is -2.45. The Balaban J connectivity index is 1.91. The van der Waals surface area contributed by atoms with Crippen LogP contribution in [0, 0.1) is 11.8 Å². The number of benzene rings is 1. The van der Waals surface area contributed by atoms with Crippen molar-refractivity contribution in [2.45, 2.75) is 52.2 Å². The van der Waals surface area contributed by atoms with Gasteiger partial charge in [0.15, 0.2) is 5.11 Å². The van der Waals surface area contributed by atoms with E-state index in [4.69, 9.17) is 26.4 Å². The molecule has 7 heteroatoms. The molecule has 0 radical (unpaired) electrons. The van der Waals surface area contributed by atoms with Crippen LogP contribution < -0.4 is 20.1 Å². The molecule has 1 aromatic carbocycles. The van der Waals surface area contributed by atoms with Gasteiger partial charge in [-0.05, 0) is 68.4 Å². The van der Waals surface area contributed by atoms with Gasteiger partial charge in [0.2, 0.25) is 0 Å². The van der Waals surface area contributed by atoms with Crippen LogP contribution in [0.5, 0.6) is 11.5 Å². The zero-order valence-corrected chi connectivity index (χ0v) is 18.5. The van der Waals surface area contributed by atoms with E-state index < -0.39 is 6.04 Å². The number of nitrogens with one attached hydrogen (secondary N) is 2. The first kappa shape index (κ1) is 21.4. The molecule has 0 saturated heterocycles. The van der Waals surface area contributed by atoms with Gasteiger partial charge < -0.3 is 24.8 Å². The maximum absolute atomic E-state index is 13.2. The third-order valence-electron chi connectivity index (χ3n) is 6.06. The molecule has 1 saturated carbocycles. The van der Waals surface area contributed by atoms with Crippen molar-refractivity contribution in [2.75, 3.05) is 14.2 Å². The number of carbonyl (C=O) groups excluding carboxylic acids is 1. The van der Waals surface area contributed by atoms with Gasteiger partial charge in [-0.15, -0.1) is 0 Å². The summed E-state index contributed by atoms with van der Waals surface area (Å²) in [5.41, 5.74) is 1.97. The number of ether oxygens (including phenoxy) is 3. The molecule has 158 valence electrons. The number of carbonyl (C=O) groups is 1. The third kappa shape index (κ3) is 4.66. The highest BCUT2D eigenvalue weighted by Gasteiger charge is 2.35. The highest BCUT2D eigenvalue weighted by Crippen LogP contribution is 2.37. The van der Waals surface area contributed by atoms with Crippen molar-refractivity contribution >= 4 is 23.3 Å². The van der Waals surface area contributed by atoms with Gasteiger partial charge in [0, 0.05) is 11.3 Å². The van der Waals surface area contributed by atoms with Crippen LogP contribution in [0.3, 0.4) is 0 Å². The molecule has 2 N–H and O–H groups in total. The lowest BCUT2D eigenvalue weighted by molar-refractivity contribution is -0.147. The third-order valence-corrected chi connectivity index (χ3v) is 6.28. The summed E-state index contributed by atoms with van der Waals surface area (Å²) in [4.78, 5) is 13.2. The summed E-state index contributed by atoms with van der Waals surface area (Å²) in [6, 6.07) is 5.01. The molecule has 2 aliphatic rings. The summed E-state index contributed by atoms with van der Waals surface area (Å²) in [5, 5.41) is 6.71. The number of allylic oxidation sites excluding steroid dienone is 1. The van der Waals surface area contributed by atoms with E-state index in [1.165, 1.54) is 0 Å². The fourth-order valence-electron chi connectivity index (χ4n) is 4.08. The Hall–Kier alpha value is -2.28. The van der Waals surface area contributed by atoms with Crippen molar-refractivity contribution in [3.63, 3.8) is 0 Å². The van der Waals surface area contributed by atoms with E-state index in [-0.39, 0.29) is 12.1 Å². The molecular formula is C22H30N2O4S. The fourth-order valence-corrected chi connectivity index (χ4v) is 4.35. The van der Waals surface area contributed by atoms with Crippen LogP contribution in [0.25, 0.3) is 0 Å². The van der Waals surface area contributed by atoms with Crippen molar-refractivity contribution in [1.82, 2.24) is 10.6 Å². The Bertz CT molecular complexity index is 823. The maximum atomic E-state index is 13.2. The van der Waals surface area contributed by atoms with Crippen LogP contribution in [0.2, 0.25) is 0 Å². The maximum Gasteiger partial charge on any atom is 0.338 e. The van der Waals surface area contributed by atoms with Crippen molar-refractivity contribution in [3.8, 4) is 11.5 Å². The average Bonchev–Trinajstić information content (AvgIpc) is 2.69. The molecule has 0 bridgehead atoms. The van der Waals surface area contributed by atoms with Crippen molar-refractivity contribution < 1.29 is 19.0 Å². The van der Waals surface area contributed by atoms with E-state index in [0.29, 0.717) is 39.7 Å². The van der Waals surface area contributed by atoms with Gasteiger partial charge in [-0.25, -0.2) is 4.79 Å². The molecule has 3 rings (SSSR count). The second-order valence-electron chi connectivity index (χ2n) is 7.97. The van der Waals surface area contributed by atoms with Crippen LogP contribution in [-0.4, -0.2) is 31.4 Å². The van der Waals surface area contributed by atoms with Gasteiger partial charge in [0.1, 0.15) is 17.6 Å². The molecule has 0 amide bonds. The molecule has 6 nitrogen and oxygen atoms in total. The Morgan fingerprint density at radius 1 is 1.14 bits per heavy atom. The minimum atomic E-state index is -0.485. The number of hydrogen-bond donors (Lipinski definition) is 2. The Labute approximate surface area is 178 Å². The highest BCUT2D eigenvalue weighted by atomic mass is 32.1. The summed E-state index contributed by atoms with van der Waals surface area (Å²) in [6.07, 6.45) is 2.81. The molecule has 29 heavy (non-hydrogen) atoms. The number of hydrogen-bond acceptors (Lipinski definition) is 5. The van der Waals surface area contributed by atoms with Gasteiger partial charge in [0.25, 0.3) is 0 Å². The molecule has 1 aliphatic heterocycles. The van der Waals surface area contributed by atoms with Gasteiger partial charge in [0.05, 0.1) is 25.8 Å².